The lowest BCUT2D eigenvalue weighted by Gasteiger charge is -2.25. The average molecular weight is 403 g/mol. The first-order valence-corrected chi connectivity index (χ1v) is 9.44. The van der Waals surface area contributed by atoms with Gasteiger partial charge in [0.15, 0.2) is 18.1 Å². The van der Waals surface area contributed by atoms with E-state index < -0.39 is 30.5 Å². The Morgan fingerprint density at radius 3 is 2.75 bits per heavy atom. The van der Waals surface area contributed by atoms with Crippen molar-refractivity contribution in [3.05, 3.63) is 48.2 Å². The number of rotatable bonds is 5. The summed E-state index contributed by atoms with van der Waals surface area (Å²) in [7, 11) is 0. The molecule has 0 spiro atoms. The van der Waals surface area contributed by atoms with Gasteiger partial charge in [-0.3, -0.25) is 20.4 Å². The summed E-state index contributed by atoms with van der Waals surface area (Å²) in [6.45, 7) is -0.557. The zero-order valence-corrected chi connectivity index (χ0v) is 15.7. The Balaban J connectivity index is 1.44. The third-order valence-corrected chi connectivity index (χ3v) is 4.36. The van der Waals surface area contributed by atoms with E-state index in [2.05, 4.69) is 15.8 Å². The van der Waals surface area contributed by atoms with Gasteiger partial charge in [0.05, 0.1) is 5.56 Å². The van der Waals surface area contributed by atoms with E-state index in [1.807, 2.05) is 0 Å². The Kier molecular flexibility index (Phi) is 6.33. The maximum Gasteiger partial charge on any atom is 0.341 e. The molecule has 2 N–H and O–H groups in total. The highest BCUT2D eigenvalue weighted by atomic mass is 32.2. The van der Waals surface area contributed by atoms with Crippen LogP contribution in [0.15, 0.2) is 47.6 Å². The van der Waals surface area contributed by atoms with Gasteiger partial charge in [-0.05, 0) is 30.5 Å². The molecule has 1 aliphatic heterocycles. The Hall–Kier alpha value is -3.27. The van der Waals surface area contributed by atoms with Crippen LogP contribution < -0.4 is 20.3 Å². The van der Waals surface area contributed by atoms with Crippen molar-refractivity contribution in [2.24, 2.45) is 0 Å². The Bertz CT molecular complexity index is 891. The second-order valence-corrected chi connectivity index (χ2v) is 6.33. The number of carbonyl (C=O) groups is 3. The van der Waals surface area contributed by atoms with Crippen LogP contribution in [0.4, 0.5) is 0 Å². The number of nitrogens with one attached hydrogen (secondary N) is 2. The summed E-state index contributed by atoms with van der Waals surface area (Å²) in [6.07, 6.45) is 2.41. The quantitative estimate of drug-likeness (QED) is 0.431. The lowest BCUT2D eigenvalue weighted by atomic mass is 10.2. The fourth-order valence-electron chi connectivity index (χ4n) is 2.31. The summed E-state index contributed by atoms with van der Waals surface area (Å²) in [4.78, 5) is 40.0. The molecule has 2 amide bonds. The Morgan fingerprint density at radius 1 is 1.18 bits per heavy atom. The van der Waals surface area contributed by atoms with Crippen LogP contribution in [-0.2, 0) is 14.3 Å². The molecule has 146 valence electrons. The summed E-state index contributed by atoms with van der Waals surface area (Å²) < 4.78 is 15.9. The summed E-state index contributed by atoms with van der Waals surface area (Å²) >= 11 is 1.29. The minimum atomic E-state index is -0.919. The van der Waals surface area contributed by atoms with Gasteiger partial charge < -0.3 is 14.2 Å². The van der Waals surface area contributed by atoms with Gasteiger partial charge in [-0.1, -0.05) is 12.1 Å². The van der Waals surface area contributed by atoms with Crippen molar-refractivity contribution in [3.63, 3.8) is 0 Å². The van der Waals surface area contributed by atoms with E-state index in [0.29, 0.717) is 16.5 Å². The highest BCUT2D eigenvalue weighted by molar-refractivity contribution is 7.98. The highest BCUT2D eigenvalue weighted by Crippen LogP contribution is 2.30. The molecule has 0 unspecified atom stereocenters. The fraction of sp³-hybridized carbons (Fsp3) is 0.222. The summed E-state index contributed by atoms with van der Waals surface area (Å²) in [5, 5.41) is 0.496. The number of ether oxygens (including phenoxy) is 3. The Labute approximate surface area is 164 Å². The van der Waals surface area contributed by atoms with Crippen molar-refractivity contribution >= 4 is 29.5 Å². The van der Waals surface area contributed by atoms with Crippen LogP contribution in [-0.4, -0.2) is 48.3 Å². The zero-order chi connectivity index (χ0) is 19.9. The third-order valence-electron chi connectivity index (χ3n) is 3.64. The van der Waals surface area contributed by atoms with Crippen LogP contribution in [0, 0.1) is 0 Å². The minimum absolute atomic E-state index is 0.00612. The van der Waals surface area contributed by atoms with Crippen molar-refractivity contribution in [1.82, 2.24) is 15.8 Å². The van der Waals surface area contributed by atoms with Gasteiger partial charge in [0.1, 0.15) is 11.6 Å². The van der Waals surface area contributed by atoms with Gasteiger partial charge in [-0.25, -0.2) is 9.78 Å². The van der Waals surface area contributed by atoms with Crippen LogP contribution in [0.25, 0.3) is 0 Å². The van der Waals surface area contributed by atoms with Crippen molar-refractivity contribution in [3.8, 4) is 11.5 Å². The van der Waals surface area contributed by atoms with E-state index in [4.69, 9.17) is 14.2 Å². The number of fused-ring (bicyclic) bond motifs is 1. The minimum Gasteiger partial charge on any atom is -0.485 e. The normalized spacial score (nSPS) is 14.7. The molecule has 0 saturated carbocycles. The number of thioether (sulfide) groups is 1. The molecule has 3 rings (SSSR count). The number of para-hydroxylation sites is 2. The standard InChI is InChI=1S/C18H17N3O6S/c1-28-17-11(5-4-8-19-17)18(24)26-10-15(22)20-21-16(23)14-9-25-12-6-2-3-7-13(12)27-14/h2-8,14H,9-10H2,1H3,(H,20,22)(H,21,23)/t14-/m1/s1. The number of hydrazine groups is 1. The molecule has 1 aromatic heterocycles. The largest absolute Gasteiger partial charge is 0.485 e. The number of esters is 1. The van der Waals surface area contributed by atoms with Gasteiger partial charge in [-0.15, -0.1) is 11.8 Å². The smallest absolute Gasteiger partial charge is 0.341 e. The first-order chi connectivity index (χ1) is 13.6. The number of aromatic nitrogens is 1. The second kappa shape index (κ2) is 9.09. The number of hydrogen-bond acceptors (Lipinski definition) is 8. The van der Waals surface area contributed by atoms with Gasteiger partial charge in [0.25, 0.3) is 11.8 Å². The van der Waals surface area contributed by atoms with Crippen LogP contribution >= 0.6 is 11.8 Å². The van der Waals surface area contributed by atoms with Gasteiger partial charge >= 0.3 is 5.97 Å². The van der Waals surface area contributed by atoms with Crippen molar-refractivity contribution in [2.75, 3.05) is 19.5 Å². The van der Waals surface area contributed by atoms with Crippen molar-refractivity contribution < 1.29 is 28.6 Å². The van der Waals surface area contributed by atoms with Crippen molar-refractivity contribution in [2.45, 2.75) is 11.1 Å². The first kappa shape index (κ1) is 19.5. The molecule has 10 heteroatoms. The highest BCUT2D eigenvalue weighted by Gasteiger charge is 2.27. The van der Waals surface area contributed by atoms with E-state index in [-0.39, 0.29) is 12.2 Å². The average Bonchev–Trinajstić information content (AvgIpc) is 2.75. The van der Waals surface area contributed by atoms with Crippen LogP contribution in [0.3, 0.4) is 0 Å². The predicted molar refractivity (Wildman–Crippen MR) is 98.9 cm³/mol. The van der Waals surface area contributed by atoms with E-state index in [9.17, 15) is 14.4 Å². The molecule has 0 aliphatic carbocycles. The number of hydrogen-bond donors (Lipinski definition) is 2. The summed E-state index contributed by atoms with van der Waals surface area (Å²) in [5.41, 5.74) is 4.65. The third kappa shape index (κ3) is 4.71. The second-order valence-electron chi connectivity index (χ2n) is 5.54. The molecule has 2 aromatic rings. The molecule has 1 atom stereocenters. The number of pyridine rings is 1. The van der Waals surface area contributed by atoms with E-state index in [0.717, 1.165) is 0 Å². The molecule has 9 nitrogen and oxygen atoms in total. The van der Waals surface area contributed by atoms with Gasteiger partial charge in [-0.2, -0.15) is 0 Å². The monoisotopic (exact) mass is 403 g/mol. The van der Waals surface area contributed by atoms with E-state index in [1.54, 1.807) is 48.9 Å². The molecule has 1 aliphatic rings. The molecule has 0 bridgehead atoms. The van der Waals surface area contributed by atoms with E-state index in [1.165, 1.54) is 11.8 Å². The number of benzene rings is 1. The molecule has 28 heavy (non-hydrogen) atoms. The molecular weight excluding hydrogens is 386 g/mol. The lowest BCUT2D eigenvalue weighted by molar-refractivity contribution is -0.135. The fourth-order valence-corrected chi connectivity index (χ4v) is 2.85. The van der Waals surface area contributed by atoms with Crippen LogP contribution in [0.5, 0.6) is 11.5 Å². The molecule has 0 saturated heterocycles. The topological polar surface area (TPSA) is 116 Å². The molecule has 2 heterocycles. The van der Waals surface area contributed by atoms with Crippen molar-refractivity contribution in [1.29, 1.82) is 0 Å². The van der Waals surface area contributed by atoms with Crippen LogP contribution in [0.1, 0.15) is 10.4 Å². The maximum atomic E-state index is 12.1. The Morgan fingerprint density at radius 2 is 1.96 bits per heavy atom. The molecular formula is C18H17N3O6S. The maximum absolute atomic E-state index is 12.1. The molecule has 0 radical (unpaired) electrons. The molecule has 1 aromatic carbocycles. The SMILES string of the molecule is CSc1ncccc1C(=O)OCC(=O)NNC(=O)[C@H]1COc2ccccc2O1. The number of amides is 2. The summed E-state index contributed by atoms with van der Waals surface area (Å²) in [5.74, 6) is -0.989. The van der Waals surface area contributed by atoms with E-state index >= 15 is 0 Å². The van der Waals surface area contributed by atoms with Crippen LogP contribution in [0.2, 0.25) is 0 Å². The van der Waals surface area contributed by atoms with Gasteiger partial charge in [0, 0.05) is 6.20 Å². The number of nitrogens with zero attached hydrogens (tertiary/aromatic N) is 1. The zero-order valence-electron chi connectivity index (χ0n) is 14.8. The van der Waals surface area contributed by atoms with Gasteiger partial charge in [0.2, 0.25) is 6.10 Å². The number of carbonyl (C=O) groups excluding carboxylic acids is 3. The predicted octanol–water partition coefficient (Wildman–Crippen LogP) is 0.948. The molecule has 0 fully saturated rings. The summed E-state index contributed by atoms with van der Waals surface area (Å²) in [6, 6.07) is 10.1. The lowest BCUT2D eigenvalue weighted by Crippen LogP contribution is -2.51. The first-order valence-electron chi connectivity index (χ1n) is 8.22.